The summed E-state index contributed by atoms with van der Waals surface area (Å²) >= 11 is 1.71. The Labute approximate surface area is 122 Å². The number of hydrogen-bond donors (Lipinski definition) is 1. The first-order valence-corrected chi connectivity index (χ1v) is 7.41. The zero-order valence-corrected chi connectivity index (χ0v) is 11.8. The van der Waals surface area contributed by atoms with Gasteiger partial charge in [0, 0.05) is 17.2 Å². The van der Waals surface area contributed by atoms with Gasteiger partial charge in [-0.05, 0) is 29.8 Å². The summed E-state index contributed by atoms with van der Waals surface area (Å²) in [6.45, 7) is 0.625. The van der Waals surface area contributed by atoms with Crippen LogP contribution in [0.2, 0.25) is 0 Å². The third-order valence-electron chi connectivity index (χ3n) is 2.71. The first-order chi connectivity index (χ1) is 9.74. The summed E-state index contributed by atoms with van der Waals surface area (Å²) in [5.41, 5.74) is 0.819. The summed E-state index contributed by atoms with van der Waals surface area (Å²) < 4.78 is 12.7. The number of hydrogen-bond acceptors (Lipinski definition) is 2. The van der Waals surface area contributed by atoms with Gasteiger partial charge in [-0.25, -0.2) is 4.39 Å². The Kier molecular flexibility index (Phi) is 5.62. The number of benzene rings is 2. The quantitative estimate of drug-likeness (QED) is 0.653. The molecular formula is C16H16FNOS. The van der Waals surface area contributed by atoms with Crippen LogP contribution in [0.1, 0.15) is 5.56 Å². The van der Waals surface area contributed by atoms with Gasteiger partial charge in [0.25, 0.3) is 0 Å². The third-order valence-corrected chi connectivity index (χ3v) is 3.73. The van der Waals surface area contributed by atoms with E-state index in [2.05, 4.69) is 5.32 Å². The highest BCUT2D eigenvalue weighted by Crippen LogP contribution is 2.15. The molecule has 0 aliphatic heterocycles. The van der Waals surface area contributed by atoms with Crippen LogP contribution in [0.5, 0.6) is 0 Å². The average Bonchev–Trinajstić information content (AvgIpc) is 2.47. The molecule has 1 N–H and O–H groups in total. The van der Waals surface area contributed by atoms with Crippen LogP contribution >= 0.6 is 11.8 Å². The first-order valence-electron chi connectivity index (χ1n) is 6.43. The summed E-state index contributed by atoms with van der Waals surface area (Å²) in [6.07, 6.45) is 0.288. The lowest BCUT2D eigenvalue weighted by atomic mass is 10.1. The molecule has 0 radical (unpaired) electrons. The van der Waals surface area contributed by atoms with Gasteiger partial charge in [-0.1, -0.05) is 30.3 Å². The molecule has 104 valence electrons. The van der Waals surface area contributed by atoms with Crippen LogP contribution in [-0.4, -0.2) is 18.2 Å². The standard InChI is InChI=1S/C16H16FNOS/c17-14-8-6-13(7-9-14)12-16(19)18-10-11-20-15-4-2-1-3-5-15/h1-9H,10-12H2,(H,18,19). The maximum absolute atomic E-state index is 12.7. The van der Waals surface area contributed by atoms with Gasteiger partial charge in [0.05, 0.1) is 6.42 Å². The SMILES string of the molecule is O=C(Cc1ccc(F)cc1)NCCSc1ccccc1. The van der Waals surface area contributed by atoms with Gasteiger partial charge < -0.3 is 5.32 Å². The van der Waals surface area contributed by atoms with Gasteiger partial charge in [0.1, 0.15) is 5.82 Å². The molecule has 0 spiro atoms. The van der Waals surface area contributed by atoms with Gasteiger partial charge >= 0.3 is 0 Å². The minimum absolute atomic E-state index is 0.0368. The van der Waals surface area contributed by atoms with Gasteiger partial charge in [-0.3, -0.25) is 4.79 Å². The average molecular weight is 289 g/mol. The predicted octanol–water partition coefficient (Wildman–Crippen LogP) is 3.28. The van der Waals surface area contributed by atoms with Crippen molar-refractivity contribution in [2.75, 3.05) is 12.3 Å². The molecule has 4 heteroatoms. The van der Waals surface area contributed by atoms with Crippen molar-refractivity contribution in [3.05, 3.63) is 66.0 Å². The molecular weight excluding hydrogens is 273 g/mol. The largest absolute Gasteiger partial charge is 0.355 e. The van der Waals surface area contributed by atoms with Gasteiger partial charge in [0.2, 0.25) is 5.91 Å². The van der Waals surface area contributed by atoms with Crippen LogP contribution in [-0.2, 0) is 11.2 Å². The zero-order valence-electron chi connectivity index (χ0n) is 11.0. The monoisotopic (exact) mass is 289 g/mol. The lowest BCUT2D eigenvalue weighted by molar-refractivity contribution is -0.120. The minimum Gasteiger partial charge on any atom is -0.355 e. The van der Waals surface area contributed by atoms with Crippen LogP contribution in [0, 0.1) is 5.82 Å². The lowest BCUT2D eigenvalue weighted by Crippen LogP contribution is -2.27. The molecule has 0 aliphatic rings. The molecule has 0 bridgehead atoms. The first kappa shape index (κ1) is 14.6. The Morgan fingerprint density at radius 1 is 1.05 bits per heavy atom. The van der Waals surface area contributed by atoms with E-state index in [9.17, 15) is 9.18 Å². The number of halogens is 1. The van der Waals surface area contributed by atoms with E-state index in [0.717, 1.165) is 11.3 Å². The van der Waals surface area contributed by atoms with Crippen molar-refractivity contribution in [1.82, 2.24) is 5.32 Å². The fourth-order valence-corrected chi connectivity index (χ4v) is 2.52. The van der Waals surface area contributed by atoms with E-state index in [1.807, 2.05) is 30.3 Å². The summed E-state index contributed by atoms with van der Waals surface area (Å²) in [5.74, 6) is 0.512. The number of nitrogens with one attached hydrogen (secondary N) is 1. The van der Waals surface area contributed by atoms with Gasteiger partial charge in [-0.15, -0.1) is 11.8 Å². The number of amides is 1. The maximum atomic E-state index is 12.7. The molecule has 0 unspecified atom stereocenters. The van der Waals surface area contributed by atoms with E-state index in [1.165, 1.54) is 17.0 Å². The summed E-state index contributed by atoms with van der Waals surface area (Å²) in [4.78, 5) is 12.9. The second kappa shape index (κ2) is 7.70. The highest BCUT2D eigenvalue weighted by atomic mass is 32.2. The molecule has 2 rings (SSSR count). The molecule has 0 saturated carbocycles. The second-order valence-electron chi connectivity index (χ2n) is 4.31. The van der Waals surface area contributed by atoms with Crippen molar-refractivity contribution in [2.24, 2.45) is 0 Å². The molecule has 1 amide bonds. The van der Waals surface area contributed by atoms with E-state index in [4.69, 9.17) is 0 Å². The van der Waals surface area contributed by atoms with Crippen molar-refractivity contribution in [2.45, 2.75) is 11.3 Å². The Bertz CT molecular complexity index is 542. The van der Waals surface area contributed by atoms with Crippen molar-refractivity contribution < 1.29 is 9.18 Å². The molecule has 2 nitrogen and oxygen atoms in total. The molecule has 20 heavy (non-hydrogen) atoms. The molecule has 0 aromatic heterocycles. The number of thioether (sulfide) groups is 1. The molecule has 2 aromatic rings. The van der Waals surface area contributed by atoms with Gasteiger partial charge in [-0.2, -0.15) is 0 Å². The molecule has 0 saturated heterocycles. The zero-order chi connectivity index (χ0) is 14.2. The van der Waals surface area contributed by atoms with E-state index in [-0.39, 0.29) is 18.1 Å². The highest BCUT2D eigenvalue weighted by Gasteiger charge is 2.03. The van der Waals surface area contributed by atoms with Crippen LogP contribution in [0.25, 0.3) is 0 Å². The molecule has 0 heterocycles. The van der Waals surface area contributed by atoms with Crippen molar-refractivity contribution in [1.29, 1.82) is 0 Å². The fraction of sp³-hybridized carbons (Fsp3) is 0.188. The minimum atomic E-state index is -0.284. The smallest absolute Gasteiger partial charge is 0.224 e. The Morgan fingerprint density at radius 2 is 1.75 bits per heavy atom. The fourth-order valence-electron chi connectivity index (χ4n) is 1.73. The van der Waals surface area contributed by atoms with Gasteiger partial charge in [0.15, 0.2) is 0 Å². The van der Waals surface area contributed by atoms with E-state index < -0.39 is 0 Å². The Hall–Kier alpha value is -1.81. The van der Waals surface area contributed by atoms with Crippen molar-refractivity contribution >= 4 is 17.7 Å². The third kappa shape index (κ3) is 5.05. The summed E-state index contributed by atoms with van der Waals surface area (Å²) in [7, 11) is 0. The van der Waals surface area contributed by atoms with E-state index in [1.54, 1.807) is 23.9 Å². The summed E-state index contributed by atoms with van der Waals surface area (Å²) in [5, 5.41) is 2.86. The molecule has 2 aromatic carbocycles. The highest BCUT2D eigenvalue weighted by molar-refractivity contribution is 7.99. The van der Waals surface area contributed by atoms with Crippen LogP contribution in [0.3, 0.4) is 0 Å². The van der Waals surface area contributed by atoms with Crippen LogP contribution < -0.4 is 5.32 Å². The van der Waals surface area contributed by atoms with E-state index >= 15 is 0 Å². The predicted molar refractivity (Wildman–Crippen MR) is 80.3 cm³/mol. The normalized spacial score (nSPS) is 10.2. The maximum Gasteiger partial charge on any atom is 0.224 e. The molecule has 0 aliphatic carbocycles. The summed E-state index contributed by atoms with van der Waals surface area (Å²) in [6, 6.07) is 16.1. The second-order valence-corrected chi connectivity index (χ2v) is 5.48. The number of carbonyl (C=O) groups is 1. The van der Waals surface area contributed by atoms with Crippen LogP contribution in [0.15, 0.2) is 59.5 Å². The van der Waals surface area contributed by atoms with Crippen molar-refractivity contribution in [3.63, 3.8) is 0 Å². The number of rotatable bonds is 6. The lowest BCUT2D eigenvalue weighted by Gasteiger charge is -2.05. The van der Waals surface area contributed by atoms with Crippen molar-refractivity contribution in [3.8, 4) is 0 Å². The Balaban J connectivity index is 1.66. The number of carbonyl (C=O) groups excluding carboxylic acids is 1. The van der Waals surface area contributed by atoms with E-state index in [0.29, 0.717) is 6.54 Å². The topological polar surface area (TPSA) is 29.1 Å². The molecule has 0 atom stereocenters. The molecule has 0 fully saturated rings. The van der Waals surface area contributed by atoms with Crippen LogP contribution in [0.4, 0.5) is 4.39 Å². The Morgan fingerprint density at radius 3 is 2.45 bits per heavy atom.